The smallest absolute Gasteiger partial charge is 0.274 e. The number of aryl methyl sites for hydroxylation is 1. The number of hydrogen-bond acceptors (Lipinski definition) is 4. The molecule has 0 bridgehead atoms. The number of carbonyl (C=O) groups excluding carboxylic acids is 2. The number of aliphatic hydroxyl groups is 1. The molecule has 0 radical (unpaired) electrons. The fourth-order valence-corrected chi connectivity index (χ4v) is 1.96. The summed E-state index contributed by atoms with van der Waals surface area (Å²) in [7, 11) is 1.74. The molecule has 1 aromatic rings. The zero-order valence-electron chi connectivity index (χ0n) is 12.5. The Morgan fingerprint density at radius 1 is 1.45 bits per heavy atom. The summed E-state index contributed by atoms with van der Waals surface area (Å²) in [5, 5.41) is 12.1. The molecule has 6 nitrogen and oxygen atoms in total. The highest BCUT2D eigenvalue weighted by Gasteiger charge is 2.20. The number of imide groups is 1. The van der Waals surface area contributed by atoms with Gasteiger partial charge in [-0.15, -0.1) is 0 Å². The highest BCUT2D eigenvalue weighted by atomic mass is 16.3. The van der Waals surface area contributed by atoms with Crippen LogP contribution in [0.25, 0.3) is 0 Å². The van der Waals surface area contributed by atoms with Gasteiger partial charge in [0.1, 0.15) is 5.69 Å². The highest BCUT2D eigenvalue weighted by Crippen LogP contribution is 2.04. The van der Waals surface area contributed by atoms with Gasteiger partial charge in [0.05, 0.1) is 12.1 Å². The third-order valence-electron chi connectivity index (χ3n) is 2.85. The largest absolute Gasteiger partial charge is 0.389 e. The van der Waals surface area contributed by atoms with Crippen molar-refractivity contribution in [2.24, 2.45) is 7.05 Å². The summed E-state index contributed by atoms with van der Waals surface area (Å²) >= 11 is 0. The third kappa shape index (κ3) is 5.14. The van der Waals surface area contributed by atoms with Crippen LogP contribution in [0.3, 0.4) is 0 Å². The van der Waals surface area contributed by atoms with Crippen LogP contribution >= 0.6 is 0 Å². The van der Waals surface area contributed by atoms with Crippen LogP contribution in [0.2, 0.25) is 0 Å². The molecule has 0 aliphatic rings. The summed E-state index contributed by atoms with van der Waals surface area (Å²) in [4.78, 5) is 25.5. The van der Waals surface area contributed by atoms with Gasteiger partial charge in [-0.3, -0.25) is 19.8 Å². The molecule has 0 spiro atoms. The summed E-state index contributed by atoms with van der Waals surface area (Å²) in [6.07, 6.45) is 1.74. The second kappa shape index (κ2) is 6.67. The van der Waals surface area contributed by atoms with Crippen LogP contribution in [-0.4, -0.2) is 51.6 Å². The van der Waals surface area contributed by atoms with Crippen molar-refractivity contribution < 1.29 is 14.7 Å². The van der Waals surface area contributed by atoms with E-state index in [0.29, 0.717) is 18.8 Å². The van der Waals surface area contributed by atoms with Crippen molar-refractivity contribution in [1.82, 2.24) is 14.8 Å². The maximum absolute atomic E-state index is 11.9. The topological polar surface area (TPSA) is 74.6 Å². The van der Waals surface area contributed by atoms with E-state index in [1.54, 1.807) is 48.7 Å². The minimum absolute atomic E-state index is 0.0800. The van der Waals surface area contributed by atoms with Crippen molar-refractivity contribution in [2.75, 3.05) is 19.6 Å². The van der Waals surface area contributed by atoms with Gasteiger partial charge in [-0.1, -0.05) is 6.92 Å². The molecular formula is C14H23N3O3. The van der Waals surface area contributed by atoms with Crippen LogP contribution in [0.15, 0.2) is 18.3 Å². The Balaban J connectivity index is 2.54. The Morgan fingerprint density at radius 3 is 2.55 bits per heavy atom. The van der Waals surface area contributed by atoms with Crippen molar-refractivity contribution in [3.05, 3.63) is 24.0 Å². The fraction of sp³-hybridized carbons (Fsp3) is 0.571. The molecule has 0 saturated heterocycles. The van der Waals surface area contributed by atoms with E-state index >= 15 is 0 Å². The zero-order valence-corrected chi connectivity index (χ0v) is 12.5. The first-order valence-electron chi connectivity index (χ1n) is 6.63. The Kier molecular flexibility index (Phi) is 5.47. The molecule has 1 rings (SSSR count). The average Bonchev–Trinajstić information content (AvgIpc) is 2.72. The first kappa shape index (κ1) is 16.4. The Morgan fingerprint density at radius 2 is 2.10 bits per heavy atom. The van der Waals surface area contributed by atoms with E-state index in [1.165, 1.54) is 0 Å². The van der Waals surface area contributed by atoms with Crippen molar-refractivity contribution in [3.63, 3.8) is 0 Å². The monoisotopic (exact) mass is 281 g/mol. The molecule has 20 heavy (non-hydrogen) atoms. The van der Waals surface area contributed by atoms with Crippen LogP contribution < -0.4 is 5.32 Å². The average molecular weight is 281 g/mol. The second-order valence-electron chi connectivity index (χ2n) is 5.50. The highest BCUT2D eigenvalue weighted by molar-refractivity contribution is 6.04. The molecule has 0 atom stereocenters. The van der Waals surface area contributed by atoms with Crippen LogP contribution in [0.1, 0.15) is 31.3 Å². The minimum atomic E-state index is -0.877. The summed E-state index contributed by atoms with van der Waals surface area (Å²) in [6, 6.07) is 3.39. The van der Waals surface area contributed by atoms with Crippen LogP contribution in [0.5, 0.6) is 0 Å². The molecule has 6 heteroatoms. The molecule has 0 aliphatic carbocycles. The predicted octanol–water partition coefficient (Wildman–Crippen LogP) is 0.374. The van der Waals surface area contributed by atoms with Crippen molar-refractivity contribution >= 4 is 11.8 Å². The van der Waals surface area contributed by atoms with Gasteiger partial charge in [-0.25, -0.2) is 0 Å². The zero-order chi connectivity index (χ0) is 15.3. The van der Waals surface area contributed by atoms with Gasteiger partial charge in [0.15, 0.2) is 0 Å². The lowest BCUT2D eigenvalue weighted by molar-refractivity contribution is -0.121. The van der Waals surface area contributed by atoms with Crippen molar-refractivity contribution in [2.45, 2.75) is 26.4 Å². The van der Waals surface area contributed by atoms with Gasteiger partial charge < -0.3 is 9.67 Å². The van der Waals surface area contributed by atoms with Crippen molar-refractivity contribution in [1.29, 1.82) is 0 Å². The maximum atomic E-state index is 11.9. The molecular weight excluding hydrogens is 258 g/mol. The molecule has 2 N–H and O–H groups in total. The molecule has 0 fully saturated rings. The van der Waals surface area contributed by atoms with E-state index in [2.05, 4.69) is 5.32 Å². The van der Waals surface area contributed by atoms with Gasteiger partial charge in [0.2, 0.25) is 5.91 Å². The van der Waals surface area contributed by atoms with E-state index < -0.39 is 11.5 Å². The first-order chi connectivity index (χ1) is 9.23. The quantitative estimate of drug-likeness (QED) is 0.790. The number of amides is 2. The van der Waals surface area contributed by atoms with E-state index in [4.69, 9.17) is 0 Å². The Labute approximate surface area is 119 Å². The Bertz CT molecular complexity index is 474. The van der Waals surface area contributed by atoms with Gasteiger partial charge in [-0.05, 0) is 32.5 Å². The SMILES string of the molecule is CCN(CC(=O)NC(=O)c1cccn1C)CC(C)(C)O. The number of rotatable bonds is 6. The molecule has 0 unspecified atom stereocenters. The minimum Gasteiger partial charge on any atom is -0.389 e. The van der Waals surface area contributed by atoms with Gasteiger partial charge in [0, 0.05) is 19.8 Å². The number of hydrogen-bond donors (Lipinski definition) is 2. The van der Waals surface area contributed by atoms with E-state index in [0.717, 1.165) is 0 Å². The normalized spacial score (nSPS) is 11.7. The maximum Gasteiger partial charge on any atom is 0.274 e. The number of nitrogens with zero attached hydrogens (tertiary/aromatic N) is 2. The van der Waals surface area contributed by atoms with Gasteiger partial charge in [-0.2, -0.15) is 0 Å². The van der Waals surface area contributed by atoms with E-state index in [1.807, 2.05) is 6.92 Å². The number of likely N-dealkylation sites (N-methyl/N-ethyl adjacent to an activating group) is 1. The van der Waals surface area contributed by atoms with E-state index in [-0.39, 0.29) is 12.5 Å². The molecule has 112 valence electrons. The molecule has 1 heterocycles. The summed E-state index contributed by atoms with van der Waals surface area (Å²) < 4.78 is 1.65. The standard InChI is InChI=1S/C14H23N3O3/c1-5-17(10-14(2,3)20)9-12(18)15-13(19)11-7-6-8-16(11)4/h6-8,20H,5,9-10H2,1-4H3,(H,15,18,19). The number of carbonyl (C=O) groups is 2. The molecule has 0 aliphatic heterocycles. The predicted molar refractivity (Wildman–Crippen MR) is 76.3 cm³/mol. The lowest BCUT2D eigenvalue weighted by Crippen LogP contribution is -2.45. The molecule has 1 aromatic heterocycles. The van der Waals surface area contributed by atoms with Crippen LogP contribution in [0, 0.1) is 0 Å². The Hall–Kier alpha value is -1.66. The summed E-state index contributed by atoms with van der Waals surface area (Å²) in [6.45, 7) is 6.34. The lowest BCUT2D eigenvalue weighted by atomic mass is 10.1. The van der Waals surface area contributed by atoms with Crippen LogP contribution in [0.4, 0.5) is 0 Å². The summed E-state index contributed by atoms with van der Waals surface area (Å²) in [5.74, 6) is -0.788. The number of aromatic nitrogens is 1. The lowest BCUT2D eigenvalue weighted by Gasteiger charge is -2.27. The summed E-state index contributed by atoms with van der Waals surface area (Å²) in [5.41, 5.74) is -0.442. The third-order valence-corrected chi connectivity index (χ3v) is 2.85. The molecule has 0 saturated carbocycles. The van der Waals surface area contributed by atoms with Gasteiger partial charge >= 0.3 is 0 Å². The number of nitrogens with one attached hydrogen (secondary N) is 1. The van der Waals surface area contributed by atoms with Crippen LogP contribution in [-0.2, 0) is 11.8 Å². The first-order valence-corrected chi connectivity index (χ1v) is 6.63. The molecule has 0 aromatic carbocycles. The fourth-order valence-electron chi connectivity index (χ4n) is 1.96. The van der Waals surface area contributed by atoms with Crippen molar-refractivity contribution in [3.8, 4) is 0 Å². The molecule has 2 amide bonds. The second-order valence-corrected chi connectivity index (χ2v) is 5.50. The van der Waals surface area contributed by atoms with Gasteiger partial charge in [0.25, 0.3) is 5.91 Å². The van der Waals surface area contributed by atoms with E-state index in [9.17, 15) is 14.7 Å².